The molecule has 3 rings (SSSR count). The van der Waals surface area contributed by atoms with Crippen molar-refractivity contribution in [2.75, 3.05) is 7.05 Å². The van der Waals surface area contributed by atoms with E-state index in [4.69, 9.17) is 0 Å². The maximum Gasteiger partial charge on any atom is 0.132 e. The van der Waals surface area contributed by atoms with E-state index in [1.807, 2.05) is 12.2 Å². The zero-order chi connectivity index (χ0) is 11.3. The first-order valence-electron chi connectivity index (χ1n) is 5.86. The number of aliphatic hydroxyl groups excluding tert-OH is 2. The fourth-order valence-corrected chi connectivity index (χ4v) is 3.22. The maximum atomic E-state index is 10.2. The van der Waals surface area contributed by atoms with Crippen molar-refractivity contribution in [3.05, 3.63) is 35.5 Å². The fraction of sp³-hybridized carbons (Fsp3) is 0.538. The summed E-state index contributed by atoms with van der Waals surface area (Å²) in [7, 11) is 1.78. The van der Waals surface area contributed by atoms with Gasteiger partial charge in [0.05, 0.1) is 0 Å². The van der Waals surface area contributed by atoms with Gasteiger partial charge in [0, 0.05) is 11.8 Å². The number of rotatable bonds is 0. The fourth-order valence-electron chi connectivity index (χ4n) is 3.22. The Morgan fingerprint density at radius 1 is 1.38 bits per heavy atom. The molecular weight excluding hydrogens is 202 g/mol. The SMILES string of the molecule is CN1C(O)C2=CC=CC3=CCCC(C32)C1O. The van der Waals surface area contributed by atoms with Crippen molar-refractivity contribution < 1.29 is 10.2 Å². The van der Waals surface area contributed by atoms with Crippen molar-refractivity contribution in [2.45, 2.75) is 25.3 Å². The summed E-state index contributed by atoms with van der Waals surface area (Å²) in [5, 5.41) is 20.3. The summed E-state index contributed by atoms with van der Waals surface area (Å²) < 4.78 is 0. The van der Waals surface area contributed by atoms with Gasteiger partial charge < -0.3 is 10.2 Å². The molecule has 3 nitrogen and oxygen atoms in total. The van der Waals surface area contributed by atoms with E-state index in [-0.39, 0.29) is 11.8 Å². The Morgan fingerprint density at radius 3 is 3.00 bits per heavy atom. The van der Waals surface area contributed by atoms with Crippen LogP contribution < -0.4 is 0 Å². The Bertz CT molecular complexity index is 397. The summed E-state index contributed by atoms with van der Waals surface area (Å²) >= 11 is 0. The molecule has 1 heterocycles. The van der Waals surface area contributed by atoms with Crippen molar-refractivity contribution in [1.29, 1.82) is 0 Å². The number of allylic oxidation sites excluding steroid dienone is 5. The van der Waals surface area contributed by atoms with Crippen LogP contribution in [0.4, 0.5) is 0 Å². The molecule has 0 aromatic heterocycles. The normalized spacial score (nSPS) is 42.4. The Labute approximate surface area is 95.4 Å². The van der Waals surface area contributed by atoms with Crippen molar-refractivity contribution in [2.24, 2.45) is 11.8 Å². The highest BCUT2D eigenvalue weighted by atomic mass is 16.3. The minimum Gasteiger partial charge on any atom is -0.378 e. The first-order chi connectivity index (χ1) is 7.70. The largest absolute Gasteiger partial charge is 0.378 e. The molecule has 0 radical (unpaired) electrons. The lowest BCUT2D eigenvalue weighted by molar-refractivity contribution is -0.133. The second-order valence-electron chi connectivity index (χ2n) is 4.90. The van der Waals surface area contributed by atoms with Crippen LogP contribution in [0.1, 0.15) is 12.8 Å². The minimum absolute atomic E-state index is 0.222. The summed E-state index contributed by atoms with van der Waals surface area (Å²) in [5.74, 6) is 0.449. The molecule has 1 fully saturated rings. The molecule has 2 aliphatic carbocycles. The number of piperidine rings is 1. The monoisotopic (exact) mass is 219 g/mol. The van der Waals surface area contributed by atoms with Gasteiger partial charge in [-0.1, -0.05) is 24.3 Å². The number of hydrogen-bond donors (Lipinski definition) is 2. The molecule has 0 saturated carbocycles. The van der Waals surface area contributed by atoms with Crippen molar-refractivity contribution in [3.63, 3.8) is 0 Å². The smallest absolute Gasteiger partial charge is 0.132 e. The predicted octanol–water partition coefficient (Wildman–Crippen LogP) is 1.02. The van der Waals surface area contributed by atoms with Crippen LogP contribution in [-0.4, -0.2) is 34.6 Å². The van der Waals surface area contributed by atoms with Gasteiger partial charge in [-0.05, 0) is 31.0 Å². The average Bonchev–Trinajstić information content (AvgIpc) is 2.33. The summed E-state index contributed by atoms with van der Waals surface area (Å²) in [4.78, 5) is 1.66. The van der Waals surface area contributed by atoms with Gasteiger partial charge in [0.2, 0.25) is 0 Å². The standard InChI is InChI=1S/C13H17NO2/c1-14-12(15)9-6-2-4-8-5-3-7-10(11(8)9)13(14)16/h2,4-6,10-13,15-16H,3,7H2,1H3. The Hall–Kier alpha value is -0.900. The molecule has 16 heavy (non-hydrogen) atoms. The lowest BCUT2D eigenvalue weighted by Gasteiger charge is -2.48. The van der Waals surface area contributed by atoms with Gasteiger partial charge in [0.1, 0.15) is 12.5 Å². The predicted molar refractivity (Wildman–Crippen MR) is 61.3 cm³/mol. The third-order valence-corrected chi connectivity index (χ3v) is 4.09. The molecule has 0 amide bonds. The van der Waals surface area contributed by atoms with Crippen LogP contribution >= 0.6 is 0 Å². The summed E-state index contributed by atoms with van der Waals surface area (Å²) in [6, 6.07) is 0. The molecule has 4 atom stereocenters. The molecule has 0 bridgehead atoms. The molecule has 2 N–H and O–H groups in total. The summed E-state index contributed by atoms with van der Waals surface area (Å²) in [6.07, 6.45) is 9.16. The van der Waals surface area contributed by atoms with Gasteiger partial charge >= 0.3 is 0 Å². The molecule has 1 saturated heterocycles. The molecule has 4 unspecified atom stereocenters. The van der Waals surface area contributed by atoms with E-state index in [0.717, 1.165) is 18.4 Å². The Balaban J connectivity index is 2.07. The van der Waals surface area contributed by atoms with Gasteiger partial charge in [-0.15, -0.1) is 0 Å². The lowest BCUT2D eigenvalue weighted by Crippen LogP contribution is -2.55. The molecule has 3 heteroatoms. The van der Waals surface area contributed by atoms with Crippen molar-refractivity contribution >= 4 is 0 Å². The quantitative estimate of drug-likeness (QED) is 0.639. The summed E-state index contributed by atoms with van der Waals surface area (Å²) in [5.41, 5.74) is 2.30. The molecule has 1 aliphatic heterocycles. The Morgan fingerprint density at radius 2 is 2.19 bits per heavy atom. The third-order valence-electron chi connectivity index (χ3n) is 4.09. The molecular formula is C13H17NO2. The lowest BCUT2D eigenvalue weighted by atomic mass is 9.68. The molecule has 3 aliphatic rings. The minimum atomic E-state index is -0.650. The van der Waals surface area contributed by atoms with Gasteiger partial charge in [-0.3, -0.25) is 4.90 Å². The van der Waals surface area contributed by atoms with E-state index in [9.17, 15) is 10.2 Å². The van der Waals surface area contributed by atoms with Gasteiger partial charge in [-0.25, -0.2) is 0 Å². The van der Waals surface area contributed by atoms with Crippen LogP contribution in [0.5, 0.6) is 0 Å². The van der Waals surface area contributed by atoms with Crippen LogP contribution in [0.25, 0.3) is 0 Å². The second kappa shape index (κ2) is 3.55. The second-order valence-corrected chi connectivity index (χ2v) is 4.90. The molecule has 86 valence electrons. The molecule has 0 aromatic rings. The topological polar surface area (TPSA) is 43.7 Å². The van der Waals surface area contributed by atoms with E-state index >= 15 is 0 Å². The average molecular weight is 219 g/mol. The van der Waals surface area contributed by atoms with E-state index in [1.54, 1.807) is 11.9 Å². The highest BCUT2D eigenvalue weighted by Gasteiger charge is 2.45. The van der Waals surface area contributed by atoms with E-state index in [0.29, 0.717) is 0 Å². The highest BCUT2D eigenvalue weighted by molar-refractivity contribution is 5.42. The zero-order valence-corrected chi connectivity index (χ0v) is 9.37. The zero-order valence-electron chi connectivity index (χ0n) is 9.37. The third kappa shape index (κ3) is 1.25. The molecule has 0 aromatic carbocycles. The number of nitrogens with zero attached hydrogens (tertiary/aromatic N) is 1. The van der Waals surface area contributed by atoms with Gasteiger partial charge in [0.25, 0.3) is 0 Å². The van der Waals surface area contributed by atoms with Crippen molar-refractivity contribution in [1.82, 2.24) is 4.90 Å². The van der Waals surface area contributed by atoms with E-state index in [2.05, 4.69) is 12.2 Å². The maximum absolute atomic E-state index is 10.2. The molecule has 0 spiro atoms. The number of hydrogen-bond acceptors (Lipinski definition) is 3. The summed E-state index contributed by atoms with van der Waals surface area (Å²) in [6.45, 7) is 0. The highest BCUT2D eigenvalue weighted by Crippen LogP contribution is 2.45. The van der Waals surface area contributed by atoms with E-state index < -0.39 is 12.5 Å². The van der Waals surface area contributed by atoms with Crippen LogP contribution in [0.3, 0.4) is 0 Å². The van der Waals surface area contributed by atoms with Crippen LogP contribution in [0.2, 0.25) is 0 Å². The van der Waals surface area contributed by atoms with Crippen LogP contribution in [-0.2, 0) is 0 Å². The van der Waals surface area contributed by atoms with Gasteiger partial charge in [-0.2, -0.15) is 0 Å². The first kappa shape index (κ1) is 10.3. The number of aliphatic hydroxyl groups is 2. The number of likely N-dealkylation sites (tertiary alicyclic amines) is 1. The van der Waals surface area contributed by atoms with Gasteiger partial charge in [0.15, 0.2) is 0 Å². The first-order valence-corrected chi connectivity index (χ1v) is 5.86. The Kier molecular flexibility index (Phi) is 2.28. The van der Waals surface area contributed by atoms with Crippen molar-refractivity contribution in [3.8, 4) is 0 Å². The van der Waals surface area contributed by atoms with E-state index in [1.165, 1.54) is 5.57 Å². The van der Waals surface area contributed by atoms with Crippen LogP contribution in [0, 0.1) is 11.8 Å². The van der Waals surface area contributed by atoms with Crippen LogP contribution in [0.15, 0.2) is 35.5 Å². The number of likely N-dealkylation sites (N-methyl/N-ethyl adjacent to an activating group) is 1.